The van der Waals surface area contributed by atoms with Crippen molar-refractivity contribution in [3.8, 4) is 0 Å². The first-order valence-corrected chi connectivity index (χ1v) is 7.52. The molecule has 0 bridgehead atoms. The molecule has 4 nitrogen and oxygen atoms in total. The van der Waals surface area contributed by atoms with E-state index in [1.165, 1.54) is 25.7 Å². The molecule has 0 spiro atoms. The fourth-order valence-corrected chi connectivity index (χ4v) is 3.43. The molecular weight excluding hydrogens is 294 g/mol. The summed E-state index contributed by atoms with van der Waals surface area (Å²) in [6.07, 6.45) is 6.96. The molecule has 5 heteroatoms. The lowest BCUT2D eigenvalue weighted by molar-refractivity contribution is 0.0859. The van der Waals surface area contributed by atoms with E-state index in [4.69, 9.17) is 0 Å². The van der Waals surface area contributed by atoms with E-state index in [1.807, 2.05) is 0 Å². The van der Waals surface area contributed by atoms with Gasteiger partial charge >= 0.3 is 0 Å². The average Bonchev–Trinajstić information content (AvgIpc) is 2.70. The van der Waals surface area contributed by atoms with Crippen LogP contribution in [0.3, 0.4) is 0 Å². The van der Waals surface area contributed by atoms with Crippen LogP contribution in [0.1, 0.15) is 55.9 Å². The van der Waals surface area contributed by atoms with Gasteiger partial charge in [0, 0.05) is 13.0 Å². The predicted octanol–water partition coefficient (Wildman–Crippen LogP) is 3.37. The molecule has 1 aromatic rings. The first-order chi connectivity index (χ1) is 8.63. The van der Waals surface area contributed by atoms with Crippen LogP contribution in [0, 0.1) is 11.8 Å². The monoisotopic (exact) mass is 313 g/mol. The Bertz CT molecular complexity index is 402. The minimum absolute atomic E-state index is 0.159. The summed E-state index contributed by atoms with van der Waals surface area (Å²) >= 11 is 3.31. The van der Waals surface area contributed by atoms with Crippen LogP contribution in [-0.4, -0.2) is 20.8 Å². The highest BCUT2D eigenvalue weighted by Crippen LogP contribution is 2.34. The molecule has 2 rings (SSSR count). The molecule has 1 aliphatic rings. The summed E-state index contributed by atoms with van der Waals surface area (Å²) in [5.74, 6) is 1.18. The maximum atomic E-state index is 12.4. The van der Waals surface area contributed by atoms with Gasteiger partial charge in [-0.3, -0.25) is 4.79 Å². The van der Waals surface area contributed by atoms with Crippen LogP contribution in [0.15, 0.2) is 4.60 Å². The summed E-state index contributed by atoms with van der Waals surface area (Å²) in [4.78, 5) is 12.4. The number of hydrogen-bond acceptors (Lipinski definition) is 3. The molecule has 0 radical (unpaired) electrons. The highest BCUT2D eigenvalue weighted by Gasteiger charge is 2.29. The minimum Gasteiger partial charge on any atom is -0.292 e. The van der Waals surface area contributed by atoms with Crippen molar-refractivity contribution in [3.05, 3.63) is 10.3 Å². The topological polar surface area (TPSA) is 47.8 Å². The first kappa shape index (κ1) is 13.7. The predicted molar refractivity (Wildman–Crippen MR) is 73.4 cm³/mol. The van der Waals surface area contributed by atoms with Crippen LogP contribution in [0.25, 0.3) is 0 Å². The Morgan fingerprint density at radius 3 is 2.56 bits per heavy atom. The van der Waals surface area contributed by atoms with Gasteiger partial charge in [0.15, 0.2) is 10.4 Å². The summed E-state index contributed by atoms with van der Waals surface area (Å²) < 4.78 is 2.15. The molecule has 18 heavy (non-hydrogen) atoms. The van der Waals surface area contributed by atoms with Crippen LogP contribution < -0.4 is 0 Å². The standard InChI is InChI=1S/C13H20BrN3O/c1-3-4-9-5-7-10(8-6-9)12(18)11-13(14)15-16-17(11)2/h9-10H,3-8H2,1-2H3. The van der Waals surface area contributed by atoms with Crippen LogP contribution in [0.5, 0.6) is 0 Å². The number of carbonyl (C=O) groups excluding carboxylic acids is 1. The molecule has 1 saturated carbocycles. The Balaban J connectivity index is 2.00. The SMILES string of the molecule is CCCC1CCC(C(=O)c2c(Br)nnn2C)CC1. The van der Waals surface area contributed by atoms with Gasteiger partial charge in [-0.15, -0.1) is 5.10 Å². The number of hydrogen-bond donors (Lipinski definition) is 0. The maximum absolute atomic E-state index is 12.4. The Hall–Kier alpha value is -0.710. The number of halogens is 1. The van der Waals surface area contributed by atoms with Crippen LogP contribution in [-0.2, 0) is 7.05 Å². The third-order valence-electron chi connectivity index (χ3n) is 3.93. The minimum atomic E-state index is 0.159. The normalized spacial score (nSPS) is 24.2. The number of aromatic nitrogens is 3. The van der Waals surface area contributed by atoms with Gasteiger partial charge in [0.05, 0.1) is 0 Å². The highest BCUT2D eigenvalue weighted by atomic mass is 79.9. The van der Waals surface area contributed by atoms with Crippen molar-refractivity contribution in [1.29, 1.82) is 0 Å². The number of aryl methyl sites for hydroxylation is 1. The zero-order chi connectivity index (χ0) is 13.1. The molecule has 1 aromatic heterocycles. The van der Waals surface area contributed by atoms with Gasteiger partial charge in [-0.1, -0.05) is 25.0 Å². The smallest absolute Gasteiger partial charge is 0.186 e. The molecule has 1 heterocycles. The van der Waals surface area contributed by atoms with E-state index >= 15 is 0 Å². The lowest BCUT2D eigenvalue weighted by Crippen LogP contribution is -2.24. The third kappa shape index (κ3) is 2.82. The van der Waals surface area contributed by atoms with Crippen LogP contribution in [0.2, 0.25) is 0 Å². The van der Waals surface area contributed by atoms with Gasteiger partial charge < -0.3 is 0 Å². The van der Waals surface area contributed by atoms with E-state index in [-0.39, 0.29) is 11.7 Å². The molecular formula is C13H20BrN3O. The quantitative estimate of drug-likeness (QED) is 0.801. The van der Waals surface area contributed by atoms with Crippen molar-refractivity contribution >= 4 is 21.7 Å². The average molecular weight is 314 g/mol. The molecule has 0 aliphatic heterocycles. The van der Waals surface area contributed by atoms with E-state index in [2.05, 4.69) is 33.2 Å². The molecule has 0 aromatic carbocycles. The van der Waals surface area contributed by atoms with Crippen molar-refractivity contribution in [2.75, 3.05) is 0 Å². The molecule has 0 atom stereocenters. The summed E-state index contributed by atoms with van der Waals surface area (Å²) in [7, 11) is 1.77. The van der Waals surface area contributed by atoms with Gasteiger partial charge in [-0.2, -0.15) is 0 Å². The largest absolute Gasteiger partial charge is 0.292 e. The summed E-state index contributed by atoms with van der Waals surface area (Å²) in [6, 6.07) is 0. The Morgan fingerprint density at radius 1 is 1.39 bits per heavy atom. The van der Waals surface area contributed by atoms with Crippen LogP contribution in [0.4, 0.5) is 0 Å². The number of carbonyl (C=O) groups is 1. The van der Waals surface area contributed by atoms with Crippen molar-refractivity contribution in [2.24, 2.45) is 18.9 Å². The zero-order valence-corrected chi connectivity index (χ0v) is 12.6. The second-order valence-corrected chi connectivity index (χ2v) is 5.97. The molecule has 0 amide bonds. The Labute approximate surface area is 116 Å². The first-order valence-electron chi connectivity index (χ1n) is 6.72. The molecule has 100 valence electrons. The number of nitrogens with zero attached hydrogens (tertiary/aromatic N) is 3. The van der Waals surface area contributed by atoms with Crippen molar-refractivity contribution in [1.82, 2.24) is 15.0 Å². The summed E-state index contributed by atoms with van der Waals surface area (Å²) in [5, 5.41) is 7.76. The summed E-state index contributed by atoms with van der Waals surface area (Å²) in [5.41, 5.74) is 0.619. The molecule has 0 unspecified atom stereocenters. The second kappa shape index (κ2) is 5.95. The Kier molecular flexibility index (Phi) is 4.54. The third-order valence-corrected chi connectivity index (χ3v) is 4.47. The summed E-state index contributed by atoms with van der Waals surface area (Å²) in [6.45, 7) is 2.23. The number of Topliss-reactive ketones (excluding diaryl/α,β-unsaturated/α-hetero) is 1. The van der Waals surface area contributed by atoms with E-state index in [0.717, 1.165) is 18.8 Å². The lowest BCUT2D eigenvalue weighted by atomic mass is 9.78. The molecule has 0 N–H and O–H groups in total. The van der Waals surface area contributed by atoms with Crippen molar-refractivity contribution in [2.45, 2.75) is 45.4 Å². The van der Waals surface area contributed by atoms with E-state index in [1.54, 1.807) is 11.7 Å². The van der Waals surface area contributed by atoms with Gasteiger partial charge in [-0.25, -0.2) is 4.68 Å². The van der Waals surface area contributed by atoms with Crippen molar-refractivity contribution < 1.29 is 4.79 Å². The highest BCUT2D eigenvalue weighted by molar-refractivity contribution is 9.10. The van der Waals surface area contributed by atoms with Crippen LogP contribution >= 0.6 is 15.9 Å². The van der Waals surface area contributed by atoms with Gasteiger partial charge in [-0.05, 0) is 47.5 Å². The molecule has 1 fully saturated rings. The second-order valence-electron chi connectivity index (χ2n) is 5.22. The fourth-order valence-electron chi connectivity index (χ4n) is 2.91. The van der Waals surface area contributed by atoms with E-state index in [9.17, 15) is 4.79 Å². The van der Waals surface area contributed by atoms with Gasteiger partial charge in [0.1, 0.15) is 5.69 Å². The van der Waals surface area contributed by atoms with Crippen molar-refractivity contribution in [3.63, 3.8) is 0 Å². The maximum Gasteiger partial charge on any atom is 0.186 e. The molecule has 0 saturated heterocycles. The fraction of sp³-hybridized carbons (Fsp3) is 0.769. The lowest BCUT2D eigenvalue weighted by Gasteiger charge is -2.27. The number of ketones is 1. The Morgan fingerprint density at radius 2 is 2.06 bits per heavy atom. The van der Waals surface area contributed by atoms with E-state index < -0.39 is 0 Å². The number of rotatable bonds is 4. The van der Waals surface area contributed by atoms with E-state index in [0.29, 0.717) is 10.3 Å². The zero-order valence-electron chi connectivity index (χ0n) is 11.0. The van der Waals surface area contributed by atoms with Gasteiger partial charge in [0.25, 0.3) is 0 Å². The van der Waals surface area contributed by atoms with Gasteiger partial charge in [0.2, 0.25) is 0 Å². The molecule has 1 aliphatic carbocycles.